The zero-order chi connectivity index (χ0) is 18.5. The molecule has 0 radical (unpaired) electrons. The molecule has 0 aromatic heterocycles. The number of rotatable bonds is 8. The normalized spacial score (nSPS) is 17.8. The number of carboxylic acids is 1. The fraction of sp³-hybridized carbons (Fsp3) is 0.765. The van der Waals surface area contributed by atoms with Gasteiger partial charge in [0.25, 0.3) is 11.8 Å². The van der Waals surface area contributed by atoms with Crippen molar-refractivity contribution < 1.29 is 29.1 Å². The molecule has 7 nitrogen and oxygen atoms in total. The highest BCUT2D eigenvalue weighted by atomic mass is 16.7. The molecular formula is C17H27NO6. The smallest absolute Gasteiger partial charge is 0.337 e. The van der Waals surface area contributed by atoms with Crippen LogP contribution in [0, 0.1) is 17.3 Å². The summed E-state index contributed by atoms with van der Waals surface area (Å²) < 4.78 is 0. The van der Waals surface area contributed by atoms with E-state index in [0.29, 0.717) is 17.9 Å². The number of carbonyl (C=O) groups is 4. The molecule has 1 fully saturated rings. The summed E-state index contributed by atoms with van der Waals surface area (Å²) in [4.78, 5) is 51.9. The van der Waals surface area contributed by atoms with Crippen molar-refractivity contribution in [1.82, 2.24) is 5.06 Å². The fourth-order valence-electron chi connectivity index (χ4n) is 3.05. The van der Waals surface area contributed by atoms with E-state index in [0.717, 1.165) is 6.42 Å². The SMILES string of the molecule is CCCC(CC(C)(C)C)C(CC(=O)O)C(=O)ON1C(=O)CCC1=O. The van der Waals surface area contributed by atoms with Gasteiger partial charge in [-0.15, -0.1) is 5.06 Å². The number of aliphatic carboxylic acids is 1. The lowest BCUT2D eigenvalue weighted by Crippen LogP contribution is -2.38. The van der Waals surface area contributed by atoms with Crippen LogP contribution in [0.25, 0.3) is 0 Å². The van der Waals surface area contributed by atoms with Crippen molar-refractivity contribution >= 4 is 23.8 Å². The monoisotopic (exact) mass is 341 g/mol. The molecule has 0 aliphatic carbocycles. The molecule has 0 spiro atoms. The third-order valence-corrected chi connectivity index (χ3v) is 3.99. The summed E-state index contributed by atoms with van der Waals surface area (Å²) in [6, 6.07) is 0. The van der Waals surface area contributed by atoms with Gasteiger partial charge in [-0.1, -0.05) is 34.1 Å². The van der Waals surface area contributed by atoms with Crippen molar-refractivity contribution in [3.8, 4) is 0 Å². The van der Waals surface area contributed by atoms with Gasteiger partial charge in [-0.2, -0.15) is 0 Å². The van der Waals surface area contributed by atoms with E-state index in [4.69, 9.17) is 9.94 Å². The second-order valence-corrected chi connectivity index (χ2v) is 7.51. The Morgan fingerprint density at radius 2 is 1.75 bits per heavy atom. The third kappa shape index (κ3) is 5.94. The van der Waals surface area contributed by atoms with Crippen molar-refractivity contribution in [2.75, 3.05) is 0 Å². The summed E-state index contributed by atoms with van der Waals surface area (Å²) in [5.41, 5.74) is -0.0871. The molecule has 0 aromatic rings. The van der Waals surface area contributed by atoms with Crippen LogP contribution in [0.5, 0.6) is 0 Å². The molecule has 2 amide bonds. The maximum atomic E-state index is 12.5. The van der Waals surface area contributed by atoms with Crippen molar-refractivity contribution in [2.24, 2.45) is 17.3 Å². The first-order chi connectivity index (χ1) is 11.0. The molecular weight excluding hydrogens is 314 g/mol. The summed E-state index contributed by atoms with van der Waals surface area (Å²) in [7, 11) is 0. The van der Waals surface area contributed by atoms with Gasteiger partial charge in [0.2, 0.25) is 0 Å². The van der Waals surface area contributed by atoms with Crippen LogP contribution in [0.1, 0.15) is 66.2 Å². The first-order valence-corrected chi connectivity index (χ1v) is 8.34. The molecule has 2 unspecified atom stereocenters. The lowest BCUT2D eigenvalue weighted by molar-refractivity contribution is -0.202. The molecule has 0 saturated carbocycles. The van der Waals surface area contributed by atoms with Crippen molar-refractivity contribution in [3.05, 3.63) is 0 Å². The van der Waals surface area contributed by atoms with Gasteiger partial charge in [0, 0.05) is 12.8 Å². The number of hydrogen-bond donors (Lipinski definition) is 1. The summed E-state index contributed by atoms with van der Waals surface area (Å²) in [5.74, 6) is -4.13. The third-order valence-electron chi connectivity index (χ3n) is 3.99. The summed E-state index contributed by atoms with van der Waals surface area (Å²) in [6.45, 7) is 8.03. The topological polar surface area (TPSA) is 101 Å². The highest BCUT2D eigenvalue weighted by Crippen LogP contribution is 2.34. The van der Waals surface area contributed by atoms with Crippen molar-refractivity contribution in [1.29, 1.82) is 0 Å². The van der Waals surface area contributed by atoms with E-state index in [2.05, 4.69) is 0 Å². The van der Waals surface area contributed by atoms with Gasteiger partial charge in [-0.3, -0.25) is 14.4 Å². The standard InChI is InChI=1S/C17H27NO6/c1-5-6-11(10-17(2,3)4)12(9-15(21)22)16(23)24-18-13(19)7-8-14(18)20/h11-12H,5-10H2,1-4H3,(H,21,22). The molecule has 1 saturated heterocycles. The molecule has 0 bridgehead atoms. The molecule has 1 aliphatic heterocycles. The van der Waals surface area contributed by atoms with Gasteiger partial charge >= 0.3 is 11.9 Å². The minimum Gasteiger partial charge on any atom is -0.481 e. The molecule has 1 heterocycles. The van der Waals surface area contributed by atoms with Gasteiger partial charge < -0.3 is 9.94 Å². The minimum atomic E-state index is -1.11. The van der Waals surface area contributed by atoms with E-state index >= 15 is 0 Å². The van der Waals surface area contributed by atoms with Crippen LogP contribution in [-0.2, 0) is 24.0 Å². The quantitative estimate of drug-likeness (QED) is 0.681. The van der Waals surface area contributed by atoms with E-state index in [1.165, 1.54) is 0 Å². The first-order valence-electron chi connectivity index (χ1n) is 8.34. The Bertz CT molecular complexity index is 492. The number of imide groups is 1. The number of hydroxylamine groups is 2. The Morgan fingerprint density at radius 1 is 1.21 bits per heavy atom. The van der Waals surface area contributed by atoms with Gasteiger partial charge in [0.05, 0.1) is 12.3 Å². The first kappa shape index (κ1) is 20.1. The van der Waals surface area contributed by atoms with E-state index in [1.54, 1.807) is 0 Å². The van der Waals surface area contributed by atoms with E-state index in [-0.39, 0.29) is 30.6 Å². The van der Waals surface area contributed by atoms with Gasteiger partial charge in [-0.25, -0.2) is 4.79 Å². The van der Waals surface area contributed by atoms with Gasteiger partial charge in [-0.05, 0) is 24.2 Å². The Kier molecular flexibility index (Phi) is 6.93. The molecule has 1 rings (SSSR count). The number of carbonyl (C=O) groups excluding carboxylic acids is 3. The maximum absolute atomic E-state index is 12.5. The maximum Gasteiger partial charge on any atom is 0.337 e. The molecule has 7 heteroatoms. The van der Waals surface area contributed by atoms with Crippen molar-refractivity contribution in [3.63, 3.8) is 0 Å². The largest absolute Gasteiger partial charge is 0.481 e. The average molecular weight is 341 g/mol. The van der Waals surface area contributed by atoms with E-state index < -0.39 is 29.7 Å². The van der Waals surface area contributed by atoms with Crippen LogP contribution < -0.4 is 0 Å². The average Bonchev–Trinajstić information content (AvgIpc) is 2.74. The van der Waals surface area contributed by atoms with Crippen LogP contribution in [0.4, 0.5) is 0 Å². The highest BCUT2D eigenvalue weighted by molar-refractivity contribution is 6.01. The Labute approximate surface area is 142 Å². The zero-order valence-electron chi connectivity index (χ0n) is 14.8. The summed E-state index contributed by atoms with van der Waals surface area (Å²) >= 11 is 0. The van der Waals surface area contributed by atoms with E-state index in [9.17, 15) is 19.2 Å². The highest BCUT2D eigenvalue weighted by Gasteiger charge is 2.39. The Morgan fingerprint density at radius 3 is 2.17 bits per heavy atom. The van der Waals surface area contributed by atoms with E-state index in [1.807, 2.05) is 27.7 Å². The second-order valence-electron chi connectivity index (χ2n) is 7.51. The molecule has 1 aliphatic rings. The Balaban J connectivity index is 2.95. The Hall–Kier alpha value is -1.92. The van der Waals surface area contributed by atoms with Crippen LogP contribution in [0.2, 0.25) is 0 Å². The summed E-state index contributed by atoms with van der Waals surface area (Å²) in [5, 5.41) is 9.64. The predicted octanol–water partition coefficient (Wildman–Crippen LogP) is 2.54. The van der Waals surface area contributed by atoms with Crippen LogP contribution >= 0.6 is 0 Å². The van der Waals surface area contributed by atoms with Crippen LogP contribution in [-0.4, -0.2) is 33.9 Å². The summed E-state index contributed by atoms with van der Waals surface area (Å²) in [6.07, 6.45) is 1.76. The lowest BCUT2D eigenvalue weighted by atomic mass is 9.75. The van der Waals surface area contributed by atoms with Gasteiger partial charge in [0.15, 0.2) is 0 Å². The lowest BCUT2D eigenvalue weighted by Gasteiger charge is -2.30. The number of hydrogen-bond acceptors (Lipinski definition) is 5. The molecule has 136 valence electrons. The molecule has 24 heavy (non-hydrogen) atoms. The number of carboxylic acid groups (broad SMARTS) is 1. The van der Waals surface area contributed by atoms with Gasteiger partial charge in [0.1, 0.15) is 0 Å². The molecule has 0 aromatic carbocycles. The number of amides is 2. The number of nitrogens with zero attached hydrogens (tertiary/aromatic N) is 1. The molecule has 2 atom stereocenters. The van der Waals surface area contributed by atoms with Crippen molar-refractivity contribution in [2.45, 2.75) is 66.2 Å². The van der Waals surface area contributed by atoms with Crippen LogP contribution in [0.15, 0.2) is 0 Å². The fourth-order valence-corrected chi connectivity index (χ4v) is 3.05. The molecule has 1 N–H and O–H groups in total. The predicted molar refractivity (Wildman–Crippen MR) is 85.4 cm³/mol. The van der Waals surface area contributed by atoms with Crippen LogP contribution in [0.3, 0.4) is 0 Å². The minimum absolute atomic E-state index is 0.0100. The zero-order valence-corrected chi connectivity index (χ0v) is 14.8. The second kappa shape index (κ2) is 8.26.